The van der Waals surface area contributed by atoms with Gasteiger partial charge in [-0.3, -0.25) is 0 Å². The summed E-state index contributed by atoms with van der Waals surface area (Å²) >= 11 is 0. The molecule has 0 aliphatic carbocycles. The summed E-state index contributed by atoms with van der Waals surface area (Å²) in [5.74, 6) is -2.34. The molecule has 5 N–H and O–H groups in total. The number of carboxylic acid groups (broad SMARTS) is 2. The van der Waals surface area contributed by atoms with E-state index in [0.29, 0.717) is 0 Å². The van der Waals surface area contributed by atoms with E-state index in [0.717, 1.165) is 0 Å². The summed E-state index contributed by atoms with van der Waals surface area (Å²) < 4.78 is 4.16. The van der Waals surface area contributed by atoms with Gasteiger partial charge in [0.1, 0.15) is 13.2 Å². The van der Waals surface area contributed by atoms with Crippen molar-refractivity contribution in [3.63, 3.8) is 0 Å². The number of carbonyl (C=O) groups is 2. The molecule has 0 rings (SSSR count). The monoisotopic (exact) mass is 151 g/mol. The maximum atomic E-state index is 9.66. The summed E-state index contributed by atoms with van der Waals surface area (Å²) in [5, 5.41) is 15.8. The number of hydrogen-bond acceptors (Lipinski definition) is 4. The highest BCUT2D eigenvalue weighted by Crippen LogP contribution is 1.73. The molecule has 0 saturated carbocycles. The number of carboxylic acids is 2. The summed E-state index contributed by atoms with van der Waals surface area (Å²) in [7, 11) is 0. The fourth-order valence-electron chi connectivity index (χ4n) is 0.226. The molecule has 0 amide bonds. The number of ether oxygens (including phenoxy) is 1. The second-order valence-corrected chi connectivity index (χ2v) is 1.28. The van der Waals surface area contributed by atoms with Crippen LogP contribution in [0.15, 0.2) is 0 Å². The number of hydrogen-bond donors (Lipinski definition) is 3. The molecule has 6 nitrogen and oxygen atoms in total. The van der Waals surface area contributed by atoms with Crippen LogP contribution in [0.3, 0.4) is 0 Å². The van der Waals surface area contributed by atoms with Crippen molar-refractivity contribution in [3.8, 4) is 0 Å². The van der Waals surface area contributed by atoms with E-state index in [1.165, 1.54) is 0 Å². The van der Waals surface area contributed by atoms with E-state index in [1.807, 2.05) is 0 Å². The molecule has 0 aromatic heterocycles. The van der Waals surface area contributed by atoms with Gasteiger partial charge < -0.3 is 21.1 Å². The Bertz CT molecular complexity index is 109. The third-order valence-electron chi connectivity index (χ3n) is 0.451. The number of rotatable bonds is 4. The van der Waals surface area contributed by atoms with E-state index in [2.05, 4.69) is 4.74 Å². The topological polar surface area (TPSA) is 119 Å². The van der Waals surface area contributed by atoms with Gasteiger partial charge in [-0.2, -0.15) is 0 Å². The molecule has 0 radical (unpaired) electrons. The second-order valence-electron chi connectivity index (χ2n) is 1.28. The van der Waals surface area contributed by atoms with Gasteiger partial charge in [0.15, 0.2) is 0 Å². The van der Waals surface area contributed by atoms with E-state index in [9.17, 15) is 9.59 Å². The maximum Gasteiger partial charge on any atom is 0.329 e. The first-order chi connectivity index (χ1) is 4.13. The molecule has 0 atom stereocenters. The zero-order valence-electron chi connectivity index (χ0n) is 5.24. The van der Waals surface area contributed by atoms with Gasteiger partial charge in [0.25, 0.3) is 0 Å². The van der Waals surface area contributed by atoms with Crippen LogP contribution in [0, 0.1) is 0 Å². The van der Waals surface area contributed by atoms with Crippen molar-refractivity contribution >= 4 is 11.9 Å². The molecule has 0 aromatic carbocycles. The van der Waals surface area contributed by atoms with Crippen LogP contribution in [0.1, 0.15) is 0 Å². The Balaban J connectivity index is 0. The molecule has 0 spiro atoms. The van der Waals surface area contributed by atoms with Crippen molar-refractivity contribution in [1.82, 2.24) is 6.15 Å². The van der Waals surface area contributed by atoms with Crippen molar-refractivity contribution in [2.75, 3.05) is 13.2 Å². The largest absolute Gasteiger partial charge is 0.480 e. The first-order valence-corrected chi connectivity index (χ1v) is 2.14. The second kappa shape index (κ2) is 5.99. The van der Waals surface area contributed by atoms with Gasteiger partial charge in [-0.25, -0.2) is 9.59 Å². The molecule has 0 aromatic rings. The van der Waals surface area contributed by atoms with Crippen LogP contribution in [0.25, 0.3) is 0 Å². The molecular weight excluding hydrogens is 142 g/mol. The summed E-state index contributed by atoms with van der Waals surface area (Å²) in [6, 6.07) is 0. The quantitative estimate of drug-likeness (QED) is 0.490. The van der Waals surface area contributed by atoms with Crippen LogP contribution in [0.2, 0.25) is 0 Å². The molecule has 6 heteroatoms. The third-order valence-corrected chi connectivity index (χ3v) is 0.451. The predicted octanol–water partition coefficient (Wildman–Crippen LogP) is -0.666. The molecule has 0 bridgehead atoms. The minimum atomic E-state index is -1.17. The number of aliphatic carboxylic acids is 2. The van der Waals surface area contributed by atoms with Gasteiger partial charge >= 0.3 is 11.9 Å². The van der Waals surface area contributed by atoms with Crippen LogP contribution in [-0.4, -0.2) is 35.4 Å². The van der Waals surface area contributed by atoms with Gasteiger partial charge in [0.05, 0.1) is 0 Å². The molecule has 0 aliphatic rings. The Morgan fingerprint density at radius 2 is 1.40 bits per heavy atom. The highest BCUT2D eigenvalue weighted by atomic mass is 16.5. The van der Waals surface area contributed by atoms with Crippen LogP contribution < -0.4 is 6.15 Å². The van der Waals surface area contributed by atoms with Crippen molar-refractivity contribution < 1.29 is 24.5 Å². The van der Waals surface area contributed by atoms with Gasteiger partial charge in [-0.05, 0) is 0 Å². The molecule has 60 valence electrons. The van der Waals surface area contributed by atoms with E-state index >= 15 is 0 Å². The smallest absolute Gasteiger partial charge is 0.329 e. The minimum Gasteiger partial charge on any atom is -0.480 e. The SMILES string of the molecule is N.O=C(O)COCC(=O)O. The molecular formula is C4H9NO5. The lowest BCUT2D eigenvalue weighted by atomic mass is 10.7. The van der Waals surface area contributed by atoms with E-state index in [1.54, 1.807) is 0 Å². The highest BCUT2D eigenvalue weighted by molar-refractivity contribution is 5.70. The summed E-state index contributed by atoms with van der Waals surface area (Å²) in [4.78, 5) is 19.3. The van der Waals surface area contributed by atoms with Crippen LogP contribution in [-0.2, 0) is 14.3 Å². The summed E-state index contributed by atoms with van der Waals surface area (Å²) in [6.07, 6.45) is 0. The van der Waals surface area contributed by atoms with Gasteiger partial charge in [0, 0.05) is 0 Å². The lowest BCUT2D eigenvalue weighted by Gasteiger charge is -1.92. The van der Waals surface area contributed by atoms with E-state index in [4.69, 9.17) is 10.2 Å². The fourth-order valence-corrected chi connectivity index (χ4v) is 0.226. The Morgan fingerprint density at radius 1 is 1.10 bits per heavy atom. The lowest BCUT2D eigenvalue weighted by molar-refractivity contribution is -0.148. The third kappa shape index (κ3) is 9.97. The summed E-state index contributed by atoms with van der Waals surface area (Å²) in [5.41, 5.74) is 0. The van der Waals surface area contributed by atoms with E-state index < -0.39 is 25.2 Å². The zero-order chi connectivity index (χ0) is 7.28. The van der Waals surface area contributed by atoms with E-state index in [-0.39, 0.29) is 6.15 Å². The van der Waals surface area contributed by atoms with Crippen LogP contribution in [0.5, 0.6) is 0 Å². The highest BCUT2D eigenvalue weighted by Gasteiger charge is 1.98. The van der Waals surface area contributed by atoms with Crippen molar-refractivity contribution in [3.05, 3.63) is 0 Å². The fraction of sp³-hybridized carbons (Fsp3) is 0.500. The Hall–Kier alpha value is -1.14. The average molecular weight is 151 g/mol. The molecule has 0 saturated heterocycles. The average Bonchev–Trinajstić information content (AvgIpc) is 1.63. The molecule has 0 aliphatic heterocycles. The molecule has 0 fully saturated rings. The maximum absolute atomic E-state index is 9.66. The zero-order valence-corrected chi connectivity index (χ0v) is 5.24. The normalized spacial score (nSPS) is 8.00. The summed E-state index contributed by atoms with van der Waals surface area (Å²) in [6.45, 7) is -1.13. The Kier molecular flexibility index (Phi) is 6.96. The van der Waals surface area contributed by atoms with Crippen LogP contribution >= 0.6 is 0 Å². The van der Waals surface area contributed by atoms with Gasteiger partial charge in [0.2, 0.25) is 0 Å². The lowest BCUT2D eigenvalue weighted by Crippen LogP contribution is -2.13. The van der Waals surface area contributed by atoms with Crippen LogP contribution in [0.4, 0.5) is 0 Å². The first-order valence-electron chi connectivity index (χ1n) is 2.14. The Labute approximate surface area is 57.0 Å². The van der Waals surface area contributed by atoms with Crippen molar-refractivity contribution in [2.45, 2.75) is 0 Å². The Morgan fingerprint density at radius 3 is 1.60 bits per heavy atom. The molecule has 0 heterocycles. The minimum absolute atomic E-state index is 0. The van der Waals surface area contributed by atoms with Gasteiger partial charge in [-0.1, -0.05) is 0 Å². The van der Waals surface area contributed by atoms with Crippen molar-refractivity contribution in [2.24, 2.45) is 0 Å². The van der Waals surface area contributed by atoms with Crippen molar-refractivity contribution in [1.29, 1.82) is 0 Å². The first kappa shape index (κ1) is 11.6. The predicted molar refractivity (Wildman–Crippen MR) is 31.1 cm³/mol. The van der Waals surface area contributed by atoms with Gasteiger partial charge in [-0.15, -0.1) is 0 Å². The molecule has 10 heavy (non-hydrogen) atoms. The standard InChI is InChI=1S/C4H6O5.H3N/c5-3(6)1-9-2-4(7)8;/h1-2H2,(H,5,6)(H,7,8);1H3. The molecule has 0 unspecified atom stereocenters.